The molecule has 5 rings (SSSR count). The van der Waals surface area contributed by atoms with Crippen molar-refractivity contribution in [2.24, 2.45) is 0 Å². The van der Waals surface area contributed by atoms with Gasteiger partial charge in [0.05, 0.1) is 12.1 Å². The molecule has 1 N–H and O–H groups in total. The SMILES string of the molecule is CCN1CCN([C@@H](c2cc3ccc(C)c(C)c3[nH]c2=O)c2nnnn2Cc2ccccc2)CC1. The fraction of sp³-hybridized carbons (Fsp3) is 0.385. The van der Waals surface area contributed by atoms with Gasteiger partial charge in [-0.15, -0.1) is 5.10 Å². The first-order valence-electron chi connectivity index (χ1n) is 11.9. The number of hydrogen-bond acceptors (Lipinski definition) is 6. The van der Waals surface area contributed by atoms with Crippen molar-refractivity contribution in [1.29, 1.82) is 0 Å². The number of likely N-dealkylation sites (N-methyl/N-ethyl adjacent to an activating group) is 1. The van der Waals surface area contributed by atoms with Crippen LogP contribution in [0.15, 0.2) is 53.3 Å². The minimum atomic E-state index is -0.326. The number of fused-ring (bicyclic) bond motifs is 1. The van der Waals surface area contributed by atoms with Crippen LogP contribution in [0, 0.1) is 13.8 Å². The highest BCUT2D eigenvalue weighted by Crippen LogP contribution is 2.29. The normalized spacial score (nSPS) is 16.2. The van der Waals surface area contributed by atoms with Crippen LogP contribution in [-0.2, 0) is 6.54 Å². The molecule has 0 unspecified atom stereocenters. The maximum absolute atomic E-state index is 13.5. The lowest BCUT2D eigenvalue weighted by molar-refractivity contribution is 0.108. The number of hydrogen-bond donors (Lipinski definition) is 1. The first-order valence-corrected chi connectivity index (χ1v) is 11.9. The molecule has 2 aromatic heterocycles. The van der Waals surface area contributed by atoms with Crippen molar-refractivity contribution in [3.63, 3.8) is 0 Å². The van der Waals surface area contributed by atoms with Gasteiger partial charge >= 0.3 is 0 Å². The number of tetrazole rings is 1. The topological polar surface area (TPSA) is 82.9 Å². The molecule has 1 aliphatic rings. The number of aromatic nitrogens is 5. The van der Waals surface area contributed by atoms with E-state index in [1.54, 1.807) is 0 Å². The Kier molecular flexibility index (Phi) is 6.26. The number of nitrogens with zero attached hydrogens (tertiary/aromatic N) is 6. The summed E-state index contributed by atoms with van der Waals surface area (Å²) in [6.07, 6.45) is 0. The maximum Gasteiger partial charge on any atom is 0.253 e. The van der Waals surface area contributed by atoms with E-state index in [0.29, 0.717) is 17.9 Å². The fourth-order valence-corrected chi connectivity index (χ4v) is 4.86. The number of H-pyrrole nitrogens is 1. The van der Waals surface area contributed by atoms with Crippen molar-refractivity contribution in [2.75, 3.05) is 32.7 Å². The highest BCUT2D eigenvalue weighted by atomic mass is 16.1. The van der Waals surface area contributed by atoms with Gasteiger partial charge in [-0.2, -0.15) is 0 Å². The minimum absolute atomic E-state index is 0.0848. The summed E-state index contributed by atoms with van der Waals surface area (Å²) in [5.41, 5.74) is 4.87. The van der Waals surface area contributed by atoms with Crippen LogP contribution in [0.3, 0.4) is 0 Å². The van der Waals surface area contributed by atoms with Gasteiger partial charge in [0.25, 0.3) is 5.56 Å². The van der Waals surface area contributed by atoms with E-state index in [1.807, 2.05) is 28.9 Å². The van der Waals surface area contributed by atoms with E-state index in [-0.39, 0.29) is 11.6 Å². The summed E-state index contributed by atoms with van der Waals surface area (Å²) >= 11 is 0. The second kappa shape index (κ2) is 9.48. The zero-order valence-corrected chi connectivity index (χ0v) is 20.0. The van der Waals surface area contributed by atoms with Gasteiger partial charge in [-0.1, -0.05) is 49.4 Å². The summed E-state index contributed by atoms with van der Waals surface area (Å²) in [6, 6.07) is 16.0. The average molecular weight is 458 g/mol. The maximum atomic E-state index is 13.5. The zero-order chi connectivity index (χ0) is 23.7. The van der Waals surface area contributed by atoms with Crippen LogP contribution in [-0.4, -0.2) is 67.7 Å². The molecule has 1 saturated heterocycles. The van der Waals surface area contributed by atoms with Gasteiger partial charge in [0.1, 0.15) is 6.04 Å². The van der Waals surface area contributed by atoms with Gasteiger partial charge in [-0.25, -0.2) is 4.68 Å². The van der Waals surface area contributed by atoms with Crippen molar-refractivity contribution >= 4 is 10.9 Å². The highest BCUT2D eigenvalue weighted by molar-refractivity contribution is 5.83. The van der Waals surface area contributed by atoms with E-state index in [9.17, 15) is 4.79 Å². The Morgan fingerprint density at radius 2 is 1.79 bits per heavy atom. The summed E-state index contributed by atoms with van der Waals surface area (Å²) in [4.78, 5) is 21.4. The molecule has 0 aliphatic carbocycles. The lowest BCUT2D eigenvalue weighted by atomic mass is 9.99. The van der Waals surface area contributed by atoms with Crippen LogP contribution in [0.5, 0.6) is 0 Å². The summed E-state index contributed by atoms with van der Waals surface area (Å²) in [5.74, 6) is 0.697. The number of piperazine rings is 1. The minimum Gasteiger partial charge on any atom is -0.321 e. The monoisotopic (exact) mass is 457 g/mol. The van der Waals surface area contributed by atoms with Crippen molar-refractivity contribution in [3.05, 3.63) is 87.0 Å². The molecule has 1 atom stereocenters. The van der Waals surface area contributed by atoms with Crippen LogP contribution < -0.4 is 5.56 Å². The molecule has 0 bridgehead atoms. The van der Waals surface area contributed by atoms with Gasteiger partial charge in [-0.3, -0.25) is 9.69 Å². The number of pyridine rings is 1. The number of aromatic amines is 1. The second-order valence-electron chi connectivity index (χ2n) is 9.08. The molecule has 8 heteroatoms. The second-order valence-corrected chi connectivity index (χ2v) is 9.08. The molecule has 34 heavy (non-hydrogen) atoms. The molecular formula is C26H31N7O. The van der Waals surface area contributed by atoms with E-state index in [2.05, 4.69) is 75.3 Å². The van der Waals surface area contributed by atoms with Crippen molar-refractivity contribution < 1.29 is 0 Å². The fourth-order valence-electron chi connectivity index (χ4n) is 4.86. The molecule has 0 saturated carbocycles. The molecular weight excluding hydrogens is 426 g/mol. The predicted octanol–water partition coefficient (Wildman–Crippen LogP) is 2.91. The molecule has 0 radical (unpaired) electrons. The summed E-state index contributed by atoms with van der Waals surface area (Å²) < 4.78 is 1.83. The molecule has 4 aromatic rings. The molecule has 3 heterocycles. The van der Waals surface area contributed by atoms with Crippen LogP contribution >= 0.6 is 0 Å². The summed E-state index contributed by atoms with van der Waals surface area (Å²) in [6.45, 7) is 11.5. The predicted molar refractivity (Wildman–Crippen MR) is 133 cm³/mol. The van der Waals surface area contributed by atoms with E-state index >= 15 is 0 Å². The van der Waals surface area contributed by atoms with Gasteiger partial charge in [-0.05, 0) is 59.0 Å². The van der Waals surface area contributed by atoms with Crippen molar-refractivity contribution in [3.8, 4) is 0 Å². The third-order valence-corrected chi connectivity index (χ3v) is 7.07. The first kappa shape index (κ1) is 22.4. The zero-order valence-electron chi connectivity index (χ0n) is 20.0. The van der Waals surface area contributed by atoms with Crippen LogP contribution in [0.1, 0.15) is 41.0 Å². The number of rotatable bonds is 6. The van der Waals surface area contributed by atoms with Crippen LogP contribution in [0.4, 0.5) is 0 Å². The Balaban J connectivity index is 1.61. The summed E-state index contributed by atoms with van der Waals surface area (Å²) in [5, 5.41) is 13.8. The number of aryl methyl sites for hydroxylation is 2. The average Bonchev–Trinajstić information content (AvgIpc) is 3.31. The van der Waals surface area contributed by atoms with Gasteiger partial charge < -0.3 is 9.88 Å². The Labute approximate surface area is 199 Å². The largest absolute Gasteiger partial charge is 0.321 e. The van der Waals surface area contributed by atoms with Crippen LogP contribution in [0.25, 0.3) is 10.9 Å². The van der Waals surface area contributed by atoms with Gasteiger partial charge in [0.15, 0.2) is 5.82 Å². The van der Waals surface area contributed by atoms with E-state index < -0.39 is 0 Å². The van der Waals surface area contributed by atoms with E-state index in [1.165, 1.54) is 0 Å². The third-order valence-electron chi connectivity index (χ3n) is 7.07. The molecule has 1 fully saturated rings. The van der Waals surface area contributed by atoms with E-state index in [0.717, 1.165) is 60.3 Å². The van der Waals surface area contributed by atoms with Gasteiger partial charge in [0, 0.05) is 31.7 Å². The molecule has 0 spiro atoms. The standard InChI is InChI=1S/C26H31N7O/c1-4-31-12-14-32(15-13-31)24(25-28-29-30-33(25)17-20-8-6-5-7-9-20)22-16-21-11-10-18(2)19(3)23(21)27-26(22)34/h5-11,16,24H,4,12-15,17H2,1-3H3,(H,27,34)/t24-/m0/s1. The molecule has 1 aliphatic heterocycles. The van der Waals surface area contributed by atoms with Gasteiger partial charge in [0.2, 0.25) is 0 Å². The lowest BCUT2D eigenvalue weighted by Crippen LogP contribution is -2.49. The quantitative estimate of drug-likeness (QED) is 0.479. The molecule has 0 amide bonds. The van der Waals surface area contributed by atoms with Crippen molar-refractivity contribution in [2.45, 2.75) is 33.4 Å². The van der Waals surface area contributed by atoms with E-state index in [4.69, 9.17) is 0 Å². The summed E-state index contributed by atoms with van der Waals surface area (Å²) in [7, 11) is 0. The Hall–Kier alpha value is -3.36. The van der Waals surface area contributed by atoms with Crippen LogP contribution in [0.2, 0.25) is 0 Å². The number of benzene rings is 2. The first-order chi connectivity index (χ1) is 16.5. The smallest absolute Gasteiger partial charge is 0.253 e. The molecule has 176 valence electrons. The Bertz CT molecular complexity index is 1340. The Morgan fingerprint density at radius 3 is 2.53 bits per heavy atom. The Morgan fingerprint density at radius 1 is 1.03 bits per heavy atom. The third kappa shape index (κ3) is 4.26. The van der Waals surface area contributed by atoms with Crippen molar-refractivity contribution in [1.82, 2.24) is 35.0 Å². The lowest BCUT2D eigenvalue weighted by Gasteiger charge is -2.38. The molecule has 8 nitrogen and oxygen atoms in total. The highest BCUT2D eigenvalue weighted by Gasteiger charge is 2.32. The molecule has 2 aromatic carbocycles. The number of nitrogens with one attached hydrogen (secondary N) is 1.